The SMILES string of the molecule is CCOc1cc(CNC(=O)c2cccc(S(=O)(=O)NCC3CCCO3)c2)ccn1. The van der Waals surface area contributed by atoms with E-state index in [0.717, 1.165) is 18.4 Å². The first-order chi connectivity index (χ1) is 14.0. The first kappa shape index (κ1) is 21.2. The molecule has 1 aliphatic heterocycles. The van der Waals surface area contributed by atoms with Crippen molar-refractivity contribution in [2.75, 3.05) is 19.8 Å². The third kappa shape index (κ3) is 5.99. The van der Waals surface area contributed by atoms with Gasteiger partial charge in [0, 0.05) is 37.5 Å². The van der Waals surface area contributed by atoms with E-state index in [4.69, 9.17) is 9.47 Å². The van der Waals surface area contributed by atoms with Crippen molar-refractivity contribution in [2.45, 2.75) is 37.3 Å². The van der Waals surface area contributed by atoms with Gasteiger partial charge in [-0.05, 0) is 49.6 Å². The van der Waals surface area contributed by atoms with Crippen molar-refractivity contribution in [1.29, 1.82) is 0 Å². The van der Waals surface area contributed by atoms with Crippen molar-refractivity contribution in [3.05, 3.63) is 53.7 Å². The predicted octanol–water partition coefficient (Wildman–Crippen LogP) is 1.87. The van der Waals surface area contributed by atoms with E-state index in [2.05, 4.69) is 15.0 Å². The second kappa shape index (κ2) is 9.82. The molecule has 1 aliphatic rings. The lowest BCUT2D eigenvalue weighted by Crippen LogP contribution is -2.32. The van der Waals surface area contributed by atoms with E-state index in [1.165, 1.54) is 12.1 Å². The third-order valence-electron chi connectivity index (χ3n) is 4.48. The quantitative estimate of drug-likeness (QED) is 0.643. The standard InChI is InChI=1S/C20H25N3O5S/c1-2-27-19-11-15(8-9-21-19)13-22-20(24)16-5-3-7-18(12-16)29(25,26)23-14-17-6-4-10-28-17/h3,5,7-9,11-12,17,23H,2,4,6,10,13-14H2,1H3,(H,22,24). The van der Waals surface area contributed by atoms with Gasteiger partial charge in [0.2, 0.25) is 15.9 Å². The first-order valence-electron chi connectivity index (χ1n) is 9.55. The molecule has 0 saturated carbocycles. The van der Waals surface area contributed by atoms with E-state index >= 15 is 0 Å². The summed E-state index contributed by atoms with van der Waals surface area (Å²) >= 11 is 0. The molecule has 2 aromatic rings. The van der Waals surface area contributed by atoms with Crippen LogP contribution in [0.3, 0.4) is 0 Å². The summed E-state index contributed by atoms with van der Waals surface area (Å²) in [4.78, 5) is 16.6. The first-order valence-corrected chi connectivity index (χ1v) is 11.0. The number of amides is 1. The summed E-state index contributed by atoms with van der Waals surface area (Å²) in [6.45, 7) is 3.53. The summed E-state index contributed by atoms with van der Waals surface area (Å²) < 4.78 is 38.4. The average molecular weight is 420 g/mol. The lowest BCUT2D eigenvalue weighted by Gasteiger charge is -2.12. The molecule has 1 fully saturated rings. The molecule has 0 aliphatic carbocycles. The van der Waals surface area contributed by atoms with E-state index < -0.39 is 10.0 Å². The number of pyridine rings is 1. The Kier molecular flexibility index (Phi) is 7.18. The van der Waals surface area contributed by atoms with Crippen LogP contribution < -0.4 is 14.8 Å². The van der Waals surface area contributed by atoms with Gasteiger partial charge in [0.1, 0.15) is 0 Å². The zero-order valence-corrected chi connectivity index (χ0v) is 17.1. The highest BCUT2D eigenvalue weighted by Crippen LogP contribution is 2.15. The number of rotatable bonds is 9. The van der Waals surface area contributed by atoms with Crippen LogP contribution in [-0.4, -0.2) is 45.2 Å². The average Bonchev–Trinajstić information content (AvgIpc) is 3.25. The fourth-order valence-electron chi connectivity index (χ4n) is 2.97. The lowest BCUT2D eigenvalue weighted by atomic mass is 10.2. The molecule has 1 unspecified atom stereocenters. The molecule has 3 rings (SSSR count). The van der Waals surface area contributed by atoms with Crippen LogP contribution in [0, 0.1) is 0 Å². The van der Waals surface area contributed by atoms with Crippen LogP contribution in [0.15, 0.2) is 47.5 Å². The molecule has 29 heavy (non-hydrogen) atoms. The highest BCUT2D eigenvalue weighted by Gasteiger charge is 2.21. The largest absolute Gasteiger partial charge is 0.478 e. The monoisotopic (exact) mass is 419 g/mol. The number of sulfonamides is 1. The van der Waals surface area contributed by atoms with Gasteiger partial charge in [-0.2, -0.15) is 0 Å². The van der Waals surface area contributed by atoms with E-state index in [1.807, 2.05) is 6.92 Å². The van der Waals surface area contributed by atoms with Crippen molar-refractivity contribution in [3.8, 4) is 5.88 Å². The number of benzene rings is 1. The molecule has 156 valence electrons. The van der Waals surface area contributed by atoms with Crippen molar-refractivity contribution >= 4 is 15.9 Å². The molecule has 8 nitrogen and oxygen atoms in total. The highest BCUT2D eigenvalue weighted by atomic mass is 32.2. The second-order valence-electron chi connectivity index (χ2n) is 6.63. The number of ether oxygens (including phenoxy) is 2. The lowest BCUT2D eigenvalue weighted by molar-refractivity contribution is 0.0950. The third-order valence-corrected chi connectivity index (χ3v) is 5.90. The molecule has 1 aromatic heterocycles. The summed E-state index contributed by atoms with van der Waals surface area (Å²) in [6.07, 6.45) is 3.29. The second-order valence-corrected chi connectivity index (χ2v) is 8.40. The summed E-state index contributed by atoms with van der Waals surface area (Å²) in [6, 6.07) is 9.48. The van der Waals surface area contributed by atoms with Gasteiger partial charge >= 0.3 is 0 Å². The molecule has 1 saturated heterocycles. The van der Waals surface area contributed by atoms with Gasteiger partial charge in [-0.3, -0.25) is 4.79 Å². The summed E-state index contributed by atoms with van der Waals surface area (Å²) in [5.74, 6) is 0.126. The molecular formula is C20H25N3O5S. The van der Waals surface area contributed by atoms with Gasteiger partial charge < -0.3 is 14.8 Å². The topological polar surface area (TPSA) is 107 Å². The summed E-state index contributed by atoms with van der Waals surface area (Å²) in [5.41, 5.74) is 1.10. The van der Waals surface area contributed by atoms with Gasteiger partial charge in [-0.15, -0.1) is 0 Å². The Labute approximate surface area is 170 Å². The van der Waals surface area contributed by atoms with Gasteiger partial charge in [0.05, 0.1) is 17.6 Å². The van der Waals surface area contributed by atoms with Crippen LogP contribution in [0.25, 0.3) is 0 Å². The highest BCUT2D eigenvalue weighted by molar-refractivity contribution is 7.89. The minimum atomic E-state index is -3.72. The molecule has 0 spiro atoms. The Bertz CT molecular complexity index is 943. The predicted molar refractivity (Wildman–Crippen MR) is 107 cm³/mol. The molecule has 9 heteroatoms. The fourth-order valence-corrected chi connectivity index (χ4v) is 4.08. The summed E-state index contributed by atoms with van der Waals surface area (Å²) in [7, 11) is -3.72. The van der Waals surface area contributed by atoms with Crippen molar-refractivity contribution in [1.82, 2.24) is 15.0 Å². The van der Waals surface area contributed by atoms with E-state index in [1.54, 1.807) is 30.5 Å². The van der Waals surface area contributed by atoms with Crippen molar-refractivity contribution < 1.29 is 22.7 Å². The maximum atomic E-state index is 12.5. The Morgan fingerprint density at radius 1 is 1.31 bits per heavy atom. The Morgan fingerprint density at radius 2 is 2.17 bits per heavy atom. The Hall–Kier alpha value is -2.49. The van der Waals surface area contributed by atoms with Crippen LogP contribution in [0.4, 0.5) is 0 Å². The molecule has 2 N–H and O–H groups in total. The van der Waals surface area contributed by atoms with Crippen LogP contribution in [0.2, 0.25) is 0 Å². The number of nitrogens with zero attached hydrogens (tertiary/aromatic N) is 1. The molecule has 1 atom stereocenters. The fraction of sp³-hybridized carbons (Fsp3) is 0.400. The maximum absolute atomic E-state index is 12.5. The Balaban J connectivity index is 1.62. The number of hydrogen-bond donors (Lipinski definition) is 2. The molecule has 2 heterocycles. The Morgan fingerprint density at radius 3 is 2.93 bits per heavy atom. The smallest absolute Gasteiger partial charge is 0.251 e. The zero-order valence-electron chi connectivity index (χ0n) is 16.3. The van der Waals surface area contributed by atoms with Crippen LogP contribution in [-0.2, 0) is 21.3 Å². The number of carbonyl (C=O) groups excluding carboxylic acids is 1. The maximum Gasteiger partial charge on any atom is 0.251 e. The van der Waals surface area contributed by atoms with Gasteiger partial charge in [-0.1, -0.05) is 6.07 Å². The minimum Gasteiger partial charge on any atom is -0.478 e. The normalized spacial score (nSPS) is 16.5. The van der Waals surface area contributed by atoms with Crippen molar-refractivity contribution in [3.63, 3.8) is 0 Å². The minimum absolute atomic E-state index is 0.0469. The van der Waals surface area contributed by atoms with Gasteiger partial charge in [0.15, 0.2) is 0 Å². The number of hydrogen-bond acceptors (Lipinski definition) is 6. The van der Waals surface area contributed by atoms with Gasteiger partial charge in [0.25, 0.3) is 5.91 Å². The molecule has 0 bridgehead atoms. The van der Waals surface area contributed by atoms with Crippen molar-refractivity contribution in [2.24, 2.45) is 0 Å². The van der Waals surface area contributed by atoms with Gasteiger partial charge in [-0.25, -0.2) is 18.1 Å². The van der Waals surface area contributed by atoms with Crippen LogP contribution in [0.5, 0.6) is 5.88 Å². The number of nitrogens with one attached hydrogen (secondary N) is 2. The zero-order chi connectivity index (χ0) is 20.7. The van der Waals surface area contributed by atoms with E-state index in [0.29, 0.717) is 19.1 Å². The number of carbonyl (C=O) groups is 1. The molecule has 1 amide bonds. The summed E-state index contributed by atoms with van der Waals surface area (Å²) in [5, 5.41) is 2.78. The molecular weight excluding hydrogens is 394 g/mol. The van der Waals surface area contributed by atoms with Crippen LogP contribution in [0.1, 0.15) is 35.7 Å². The molecule has 0 radical (unpaired) electrons. The molecule has 1 aromatic carbocycles. The number of aromatic nitrogens is 1. The van der Waals surface area contributed by atoms with Crippen LogP contribution >= 0.6 is 0 Å². The van der Waals surface area contributed by atoms with E-state index in [9.17, 15) is 13.2 Å². The van der Waals surface area contributed by atoms with E-state index in [-0.39, 0.29) is 35.6 Å².